The third-order valence-corrected chi connectivity index (χ3v) is 12.0. The average Bonchev–Trinajstić information content (AvgIpc) is 3.76. The van der Waals surface area contributed by atoms with Crippen molar-refractivity contribution in [3.05, 3.63) is 89.5 Å². The zero-order valence-electron chi connectivity index (χ0n) is 31.9. The van der Waals surface area contributed by atoms with E-state index in [1.807, 2.05) is 33.2 Å². The summed E-state index contributed by atoms with van der Waals surface area (Å²) in [6.45, 7) is 15.9. The Balaban J connectivity index is 1.06. The Morgan fingerprint density at radius 1 is 1.11 bits per heavy atom. The number of nitrogen functional groups attached to an aromatic ring is 1. The Kier molecular flexibility index (Phi) is 11.8. The molecule has 6 rings (SSSR count). The van der Waals surface area contributed by atoms with Crippen LogP contribution in [0.5, 0.6) is 0 Å². The second-order valence-electron chi connectivity index (χ2n) is 16.0. The molecule has 2 aromatic carbocycles. The van der Waals surface area contributed by atoms with Crippen LogP contribution in [0.4, 0.5) is 15.9 Å². The van der Waals surface area contributed by atoms with E-state index in [-0.39, 0.29) is 48.3 Å². The van der Waals surface area contributed by atoms with Gasteiger partial charge in [-0.3, -0.25) is 9.59 Å². The van der Waals surface area contributed by atoms with Crippen molar-refractivity contribution >= 4 is 34.5 Å². The number of ketones is 1. The van der Waals surface area contributed by atoms with Crippen LogP contribution >= 0.6 is 11.3 Å². The number of nitrogens with one attached hydrogen (secondary N) is 1. The number of rotatable bonds is 12. The lowest BCUT2D eigenvalue weighted by molar-refractivity contribution is -0.142. The zero-order valence-corrected chi connectivity index (χ0v) is 32.7. The summed E-state index contributed by atoms with van der Waals surface area (Å²) in [4.78, 5) is 37.4. The number of hydrogen-bond donors (Lipinski definition) is 3. The van der Waals surface area contributed by atoms with Crippen molar-refractivity contribution in [2.75, 3.05) is 30.3 Å². The van der Waals surface area contributed by atoms with Gasteiger partial charge in [-0.15, -0.1) is 21.5 Å². The second kappa shape index (κ2) is 16.4. The highest BCUT2D eigenvalue weighted by atomic mass is 32.1. The molecular formula is C42H52FN7O3S. The lowest BCUT2D eigenvalue weighted by Gasteiger charge is -2.37. The first kappa shape index (κ1) is 39.0. The van der Waals surface area contributed by atoms with Crippen LogP contribution in [0.2, 0.25) is 0 Å². The van der Waals surface area contributed by atoms with Crippen molar-refractivity contribution in [2.45, 2.75) is 84.9 Å². The fraction of sp³-hybridized carbons (Fsp3) is 0.452. The minimum atomic E-state index is -0.677. The van der Waals surface area contributed by atoms with E-state index in [1.54, 1.807) is 40.5 Å². The van der Waals surface area contributed by atoms with Gasteiger partial charge in [0.15, 0.2) is 5.82 Å². The van der Waals surface area contributed by atoms with Gasteiger partial charge >= 0.3 is 0 Å². The SMILES string of the molecule is C=C(N[C@@H](C)c1ccc(-c2scnc2C)cc1)[C@@H]1C[C@@H](O)CN1C(=O)[C@@H](CC(=O)CC1CCN(c2cc(-c3ccccc3F)nnc2N)CC1)C(C)(C)C. The number of nitrogens with two attached hydrogens (primary N) is 1. The van der Waals surface area contributed by atoms with Crippen molar-refractivity contribution < 1.29 is 19.1 Å². The molecule has 54 heavy (non-hydrogen) atoms. The zero-order chi connectivity index (χ0) is 38.7. The summed E-state index contributed by atoms with van der Waals surface area (Å²) in [7, 11) is 0. The smallest absolute Gasteiger partial charge is 0.227 e. The topological polar surface area (TPSA) is 138 Å². The second-order valence-corrected chi connectivity index (χ2v) is 16.8. The van der Waals surface area contributed by atoms with Gasteiger partial charge in [0.2, 0.25) is 5.91 Å². The third-order valence-electron chi connectivity index (χ3n) is 11.0. The molecule has 0 bridgehead atoms. The Bertz CT molecular complexity index is 1970. The van der Waals surface area contributed by atoms with E-state index < -0.39 is 23.5 Å². The number of β-amino-alcohol motifs (C(OH)–C–C–N with tert-alkyl or cyclic N) is 1. The summed E-state index contributed by atoms with van der Waals surface area (Å²) in [5, 5.41) is 22.5. The predicted octanol–water partition coefficient (Wildman–Crippen LogP) is 7.35. The number of hydrogen-bond acceptors (Lipinski definition) is 10. The summed E-state index contributed by atoms with van der Waals surface area (Å²) in [6.07, 6.45) is 1.77. The molecule has 1 amide bonds. The first-order valence-corrected chi connectivity index (χ1v) is 19.7. The summed E-state index contributed by atoms with van der Waals surface area (Å²) in [5.41, 5.74) is 13.0. The molecule has 2 aliphatic rings. The minimum Gasteiger partial charge on any atom is -0.391 e. The van der Waals surface area contributed by atoms with Gasteiger partial charge in [-0.2, -0.15) is 0 Å². The molecule has 0 saturated carbocycles. The van der Waals surface area contributed by atoms with Gasteiger partial charge in [-0.25, -0.2) is 9.37 Å². The molecule has 4 atom stereocenters. The number of piperidine rings is 1. The number of benzene rings is 2. The normalized spacial score (nSPS) is 19.1. The number of aliphatic hydroxyl groups is 1. The van der Waals surface area contributed by atoms with Gasteiger partial charge in [0, 0.05) is 62.1 Å². The fourth-order valence-electron chi connectivity index (χ4n) is 7.77. The van der Waals surface area contributed by atoms with Crippen LogP contribution in [-0.2, 0) is 9.59 Å². The number of anilines is 2. The number of likely N-dealkylation sites (tertiary alicyclic amines) is 1. The molecule has 4 aromatic rings. The third kappa shape index (κ3) is 8.81. The van der Waals surface area contributed by atoms with Crippen LogP contribution < -0.4 is 16.0 Å². The van der Waals surface area contributed by atoms with Crippen LogP contribution in [0.15, 0.2) is 72.4 Å². The summed E-state index contributed by atoms with van der Waals surface area (Å²) < 4.78 is 14.5. The van der Waals surface area contributed by atoms with Gasteiger partial charge in [0.25, 0.3) is 0 Å². The van der Waals surface area contributed by atoms with E-state index in [0.29, 0.717) is 48.6 Å². The number of carbonyl (C=O) groups is 2. The maximum Gasteiger partial charge on any atom is 0.227 e. The van der Waals surface area contributed by atoms with E-state index >= 15 is 0 Å². The molecular weight excluding hydrogens is 702 g/mol. The Morgan fingerprint density at radius 2 is 1.81 bits per heavy atom. The molecule has 2 aliphatic heterocycles. The molecule has 286 valence electrons. The Hall–Kier alpha value is -4.68. The maximum absolute atomic E-state index is 14.5. The van der Waals surface area contributed by atoms with Gasteiger partial charge in [-0.1, -0.05) is 63.7 Å². The van der Waals surface area contributed by atoms with Gasteiger partial charge in [0.05, 0.1) is 39.6 Å². The first-order chi connectivity index (χ1) is 25.7. The van der Waals surface area contributed by atoms with Crippen molar-refractivity contribution in [1.82, 2.24) is 25.4 Å². The number of thiazole rings is 1. The van der Waals surface area contributed by atoms with Crippen molar-refractivity contribution in [1.29, 1.82) is 0 Å². The summed E-state index contributed by atoms with van der Waals surface area (Å²) in [5.74, 6) is -0.542. The van der Waals surface area contributed by atoms with E-state index in [4.69, 9.17) is 5.73 Å². The minimum absolute atomic E-state index is 0.0625. The summed E-state index contributed by atoms with van der Waals surface area (Å²) in [6, 6.07) is 16.1. The highest BCUT2D eigenvalue weighted by Gasteiger charge is 2.43. The molecule has 4 heterocycles. The quantitative estimate of drug-likeness (QED) is 0.136. The van der Waals surface area contributed by atoms with Gasteiger partial charge < -0.3 is 26.0 Å². The predicted molar refractivity (Wildman–Crippen MR) is 213 cm³/mol. The number of halogens is 1. The number of Topliss-reactive ketones (excluding diaryl/α,β-unsaturated/α-hetero) is 1. The Morgan fingerprint density at radius 3 is 2.46 bits per heavy atom. The highest BCUT2D eigenvalue weighted by Crippen LogP contribution is 2.37. The summed E-state index contributed by atoms with van der Waals surface area (Å²) >= 11 is 1.62. The Labute approximate surface area is 321 Å². The lowest BCUT2D eigenvalue weighted by Crippen LogP contribution is -2.47. The monoisotopic (exact) mass is 753 g/mol. The molecule has 0 radical (unpaired) electrons. The van der Waals surface area contributed by atoms with Crippen LogP contribution in [0.3, 0.4) is 0 Å². The van der Waals surface area contributed by atoms with E-state index in [1.165, 1.54) is 6.07 Å². The molecule has 2 fully saturated rings. The number of nitrogens with zero attached hydrogens (tertiary/aromatic N) is 5. The van der Waals surface area contributed by atoms with Crippen LogP contribution in [0.25, 0.3) is 21.7 Å². The highest BCUT2D eigenvalue weighted by molar-refractivity contribution is 7.13. The number of amides is 1. The molecule has 2 aromatic heterocycles. The lowest BCUT2D eigenvalue weighted by atomic mass is 9.75. The maximum atomic E-state index is 14.5. The number of aryl methyl sites for hydroxylation is 1. The van der Waals surface area contributed by atoms with Gasteiger partial charge in [-0.05, 0) is 67.3 Å². The molecule has 2 saturated heterocycles. The van der Waals surface area contributed by atoms with E-state index in [0.717, 1.165) is 34.5 Å². The van der Waals surface area contributed by atoms with E-state index in [2.05, 4.69) is 63.2 Å². The van der Waals surface area contributed by atoms with Crippen molar-refractivity contribution in [3.63, 3.8) is 0 Å². The van der Waals surface area contributed by atoms with Crippen LogP contribution in [-0.4, -0.2) is 68.7 Å². The number of aromatic nitrogens is 3. The first-order valence-electron chi connectivity index (χ1n) is 18.8. The number of aliphatic hydroxyl groups excluding tert-OH is 1. The average molecular weight is 754 g/mol. The van der Waals surface area contributed by atoms with Crippen molar-refractivity contribution in [2.24, 2.45) is 17.3 Å². The molecule has 4 N–H and O–H groups in total. The van der Waals surface area contributed by atoms with E-state index in [9.17, 15) is 19.1 Å². The van der Waals surface area contributed by atoms with Crippen LogP contribution in [0.1, 0.15) is 77.1 Å². The molecule has 10 nitrogen and oxygen atoms in total. The molecule has 12 heteroatoms. The van der Waals surface area contributed by atoms with Crippen molar-refractivity contribution in [3.8, 4) is 21.7 Å². The number of carbonyl (C=O) groups excluding carboxylic acids is 2. The molecule has 0 spiro atoms. The van der Waals surface area contributed by atoms with Crippen LogP contribution in [0, 0.1) is 30.0 Å². The van der Waals surface area contributed by atoms with Gasteiger partial charge in [0.1, 0.15) is 11.6 Å². The largest absolute Gasteiger partial charge is 0.391 e. The fourth-order valence-corrected chi connectivity index (χ4v) is 8.58. The molecule has 0 unspecified atom stereocenters. The standard InChI is InChI=1S/C42H52FN7O3S/c1-25(29-11-13-30(14-12-29)39-27(3)45-24-54-39)46-26(2)37-21-32(52)23-50(37)41(53)34(42(4,5)6)20-31(51)19-28-15-17-49(18-16-28)38-22-36(47-48-40(38)44)33-9-7-8-10-35(33)43/h7-14,22,24-25,28,32,34,37,46,52H,2,15-21,23H2,1,3-6H3,(H2,44,48)/t25-,32+,34+,37-/m0/s1. The molecule has 0 aliphatic carbocycles.